The fourth-order valence-electron chi connectivity index (χ4n) is 1.79. The average Bonchev–Trinajstić information content (AvgIpc) is 2.91. The molecule has 1 aliphatic rings. The van der Waals surface area contributed by atoms with Crippen molar-refractivity contribution in [1.82, 2.24) is 4.98 Å². The highest BCUT2D eigenvalue weighted by Crippen LogP contribution is 2.49. The van der Waals surface area contributed by atoms with Crippen LogP contribution in [0.3, 0.4) is 0 Å². The van der Waals surface area contributed by atoms with Gasteiger partial charge in [-0.15, -0.1) is 11.3 Å². The third kappa shape index (κ3) is 1.41. The van der Waals surface area contributed by atoms with Crippen LogP contribution in [0, 0.1) is 5.92 Å². The van der Waals surface area contributed by atoms with E-state index in [0.29, 0.717) is 0 Å². The minimum atomic E-state index is -0.695. The zero-order chi connectivity index (χ0) is 10.4. The van der Waals surface area contributed by atoms with E-state index < -0.39 is 5.97 Å². The highest BCUT2D eigenvalue weighted by Gasteiger charge is 2.46. The molecule has 0 radical (unpaired) electrons. The Morgan fingerprint density at radius 2 is 2.27 bits per heavy atom. The molecule has 1 aromatic heterocycles. The van der Waals surface area contributed by atoms with Crippen molar-refractivity contribution in [2.24, 2.45) is 5.92 Å². The van der Waals surface area contributed by atoms with Gasteiger partial charge in [0.15, 0.2) is 0 Å². The Morgan fingerprint density at radius 1 is 1.47 bits per heavy atom. The number of aromatic nitrogens is 1. The van der Waals surface area contributed by atoms with E-state index in [1.54, 1.807) is 11.3 Å². The van der Waals surface area contributed by atoms with Crippen LogP contribution in [-0.2, 0) is 4.79 Å². The predicted molar refractivity (Wildman–Crippen MR) is 58.1 cm³/mol. The summed E-state index contributed by atoms with van der Waals surface area (Å²) in [5.41, 5.74) is 0.980. The average molecular weight is 219 g/mol. The number of aliphatic carboxylic acids is 1. The molecule has 1 aromatic carbocycles. The molecule has 3 nitrogen and oxygen atoms in total. The van der Waals surface area contributed by atoms with Crippen LogP contribution in [0.4, 0.5) is 0 Å². The lowest BCUT2D eigenvalue weighted by Crippen LogP contribution is -1.98. The number of rotatable bonds is 2. The predicted octanol–water partition coefficient (Wildman–Crippen LogP) is 2.48. The van der Waals surface area contributed by atoms with Crippen LogP contribution < -0.4 is 0 Å². The molecule has 0 amide bonds. The molecule has 0 unspecified atom stereocenters. The number of nitrogens with zero attached hydrogens (tertiary/aromatic N) is 1. The molecular formula is C11H9NO2S. The second-order valence-corrected chi connectivity index (χ2v) is 4.87. The van der Waals surface area contributed by atoms with Crippen molar-refractivity contribution in [2.75, 3.05) is 0 Å². The number of carboxylic acid groups (broad SMARTS) is 1. The second-order valence-electron chi connectivity index (χ2n) is 3.81. The van der Waals surface area contributed by atoms with Gasteiger partial charge in [-0.3, -0.25) is 4.79 Å². The van der Waals surface area contributed by atoms with Gasteiger partial charge >= 0.3 is 5.97 Å². The smallest absolute Gasteiger partial charge is 0.307 e. The number of fused-ring (bicyclic) bond motifs is 1. The van der Waals surface area contributed by atoms with Crippen LogP contribution in [0.5, 0.6) is 0 Å². The van der Waals surface area contributed by atoms with Crippen molar-refractivity contribution in [2.45, 2.75) is 12.3 Å². The van der Waals surface area contributed by atoms with Crippen LogP contribution in [0.15, 0.2) is 24.3 Å². The molecule has 1 saturated carbocycles. The zero-order valence-corrected chi connectivity index (χ0v) is 8.70. The largest absolute Gasteiger partial charge is 0.481 e. The first-order valence-corrected chi connectivity index (χ1v) is 5.65. The number of benzene rings is 1. The van der Waals surface area contributed by atoms with Gasteiger partial charge in [-0.25, -0.2) is 4.98 Å². The van der Waals surface area contributed by atoms with Crippen LogP contribution in [0.1, 0.15) is 17.3 Å². The summed E-state index contributed by atoms with van der Waals surface area (Å²) in [6, 6.07) is 7.92. The Hall–Kier alpha value is -1.42. The Morgan fingerprint density at radius 3 is 2.93 bits per heavy atom. The summed E-state index contributed by atoms with van der Waals surface area (Å²) >= 11 is 1.61. The highest BCUT2D eigenvalue weighted by molar-refractivity contribution is 7.18. The molecule has 4 heteroatoms. The van der Waals surface area contributed by atoms with Gasteiger partial charge in [0.25, 0.3) is 0 Å². The van der Waals surface area contributed by atoms with Gasteiger partial charge < -0.3 is 5.11 Å². The molecule has 1 aliphatic carbocycles. The fourth-order valence-corrected chi connectivity index (χ4v) is 2.94. The van der Waals surface area contributed by atoms with Gasteiger partial charge in [0.1, 0.15) is 0 Å². The number of carbonyl (C=O) groups is 1. The number of hydrogen-bond acceptors (Lipinski definition) is 3. The van der Waals surface area contributed by atoms with Crippen molar-refractivity contribution >= 4 is 27.5 Å². The van der Waals surface area contributed by atoms with E-state index >= 15 is 0 Å². The van der Waals surface area contributed by atoms with Crippen LogP contribution in [0.2, 0.25) is 0 Å². The van der Waals surface area contributed by atoms with Crippen molar-refractivity contribution in [1.29, 1.82) is 0 Å². The summed E-state index contributed by atoms with van der Waals surface area (Å²) in [7, 11) is 0. The SMILES string of the molecule is O=C(O)[C@H]1C[C@H]1c1nc2ccccc2s1. The van der Waals surface area contributed by atoms with E-state index in [1.807, 2.05) is 24.3 Å². The van der Waals surface area contributed by atoms with Crippen LogP contribution in [0.25, 0.3) is 10.2 Å². The van der Waals surface area contributed by atoms with Gasteiger partial charge in [-0.2, -0.15) is 0 Å². The minimum Gasteiger partial charge on any atom is -0.481 e. The Bertz CT molecular complexity index is 501. The topological polar surface area (TPSA) is 50.2 Å². The number of thiazole rings is 1. The number of hydrogen-bond donors (Lipinski definition) is 1. The van der Waals surface area contributed by atoms with Crippen molar-refractivity contribution in [3.05, 3.63) is 29.3 Å². The Labute approximate surface area is 90.4 Å². The summed E-state index contributed by atoms with van der Waals surface area (Å²) in [5.74, 6) is -0.746. The molecule has 1 heterocycles. The molecule has 15 heavy (non-hydrogen) atoms. The summed E-state index contributed by atoms with van der Waals surface area (Å²) in [6.45, 7) is 0. The van der Waals surface area contributed by atoms with Crippen molar-refractivity contribution in [3.8, 4) is 0 Å². The summed E-state index contributed by atoms with van der Waals surface area (Å²) in [5, 5.41) is 9.81. The quantitative estimate of drug-likeness (QED) is 0.844. The van der Waals surface area contributed by atoms with Crippen molar-refractivity contribution in [3.63, 3.8) is 0 Å². The van der Waals surface area contributed by atoms with Gasteiger partial charge in [0.05, 0.1) is 21.1 Å². The lowest BCUT2D eigenvalue weighted by molar-refractivity contribution is -0.138. The van der Waals surface area contributed by atoms with E-state index in [1.165, 1.54) is 0 Å². The third-order valence-electron chi connectivity index (χ3n) is 2.74. The Kier molecular flexibility index (Phi) is 1.79. The number of para-hydroxylation sites is 1. The maximum atomic E-state index is 10.7. The normalized spacial score (nSPS) is 24.3. The Balaban J connectivity index is 1.97. The molecule has 0 bridgehead atoms. The molecule has 76 valence electrons. The summed E-state index contributed by atoms with van der Waals surface area (Å²) in [4.78, 5) is 15.2. The zero-order valence-electron chi connectivity index (χ0n) is 7.88. The van der Waals surface area contributed by atoms with E-state index in [2.05, 4.69) is 4.98 Å². The molecule has 2 aromatic rings. The fraction of sp³-hybridized carbons (Fsp3) is 0.273. The lowest BCUT2D eigenvalue weighted by Gasteiger charge is -1.88. The molecule has 1 N–H and O–H groups in total. The molecule has 3 rings (SSSR count). The molecular weight excluding hydrogens is 210 g/mol. The van der Waals surface area contributed by atoms with Gasteiger partial charge in [-0.1, -0.05) is 12.1 Å². The first-order chi connectivity index (χ1) is 7.25. The summed E-state index contributed by atoms with van der Waals surface area (Å²) in [6.07, 6.45) is 0.745. The maximum absolute atomic E-state index is 10.7. The maximum Gasteiger partial charge on any atom is 0.307 e. The molecule has 1 fully saturated rings. The van der Waals surface area contributed by atoms with E-state index in [-0.39, 0.29) is 11.8 Å². The first kappa shape index (κ1) is 8.85. The highest BCUT2D eigenvalue weighted by atomic mass is 32.1. The van der Waals surface area contributed by atoms with Crippen LogP contribution in [-0.4, -0.2) is 16.1 Å². The standard InChI is InChI=1S/C11H9NO2S/c13-11(14)7-5-6(7)10-12-8-3-1-2-4-9(8)15-10/h1-4,6-7H,5H2,(H,13,14)/t6-,7+/m1/s1. The first-order valence-electron chi connectivity index (χ1n) is 4.84. The number of carboxylic acids is 1. The van der Waals surface area contributed by atoms with E-state index in [9.17, 15) is 4.79 Å². The molecule has 0 aliphatic heterocycles. The van der Waals surface area contributed by atoms with Gasteiger partial charge in [0, 0.05) is 5.92 Å². The van der Waals surface area contributed by atoms with Gasteiger partial charge in [-0.05, 0) is 18.6 Å². The lowest BCUT2D eigenvalue weighted by atomic mass is 10.3. The van der Waals surface area contributed by atoms with Crippen molar-refractivity contribution < 1.29 is 9.90 Å². The second kappa shape index (κ2) is 3.03. The van der Waals surface area contributed by atoms with Crippen LogP contribution >= 0.6 is 11.3 Å². The van der Waals surface area contributed by atoms with Gasteiger partial charge in [0.2, 0.25) is 0 Å². The molecule has 0 saturated heterocycles. The van der Waals surface area contributed by atoms with E-state index in [4.69, 9.17) is 5.11 Å². The molecule has 2 atom stereocenters. The third-order valence-corrected chi connectivity index (χ3v) is 3.90. The molecule has 0 spiro atoms. The minimum absolute atomic E-state index is 0.153. The monoisotopic (exact) mass is 219 g/mol. The summed E-state index contributed by atoms with van der Waals surface area (Å²) < 4.78 is 1.14. The van der Waals surface area contributed by atoms with E-state index in [0.717, 1.165) is 21.6 Å².